The summed E-state index contributed by atoms with van der Waals surface area (Å²) >= 11 is 0. The molecule has 0 bridgehead atoms. The van der Waals surface area contributed by atoms with E-state index in [0.29, 0.717) is 11.1 Å². The molecule has 0 aliphatic carbocycles. The van der Waals surface area contributed by atoms with Crippen LogP contribution in [0.2, 0.25) is 0 Å². The van der Waals surface area contributed by atoms with Crippen LogP contribution in [0, 0.1) is 0 Å². The Balaban J connectivity index is 2.08. The average molecular weight is 343 g/mol. The fourth-order valence-electron chi connectivity index (χ4n) is 1.87. The molecule has 1 aromatic heterocycles. The monoisotopic (exact) mass is 343 g/mol. The lowest BCUT2D eigenvalue weighted by molar-refractivity contribution is -0.0499. The van der Waals surface area contributed by atoms with Gasteiger partial charge in [-0.25, -0.2) is 4.98 Å². The molecule has 0 saturated heterocycles. The van der Waals surface area contributed by atoms with E-state index in [1.165, 1.54) is 18.2 Å². The fourth-order valence-corrected chi connectivity index (χ4v) is 2.35. The summed E-state index contributed by atoms with van der Waals surface area (Å²) in [7, 11) is -5.78. The molecule has 120 valence electrons. The minimum absolute atomic E-state index is 0.00322. The number of rotatable bonds is 3. The highest BCUT2D eigenvalue weighted by Gasteiger charge is 2.48. The van der Waals surface area contributed by atoms with Crippen molar-refractivity contribution in [3.63, 3.8) is 0 Å². The number of fused-ring (bicyclic) bond motifs is 1. The van der Waals surface area contributed by atoms with Crippen molar-refractivity contribution in [2.24, 2.45) is 0 Å². The minimum Gasteiger partial charge on any atom is -0.436 e. The summed E-state index contributed by atoms with van der Waals surface area (Å²) in [5, 5.41) is 0. The van der Waals surface area contributed by atoms with Gasteiger partial charge in [-0.3, -0.25) is 0 Å². The molecule has 23 heavy (non-hydrogen) atoms. The van der Waals surface area contributed by atoms with Crippen LogP contribution >= 0.6 is 0 Å². The maximum atomic E-state index is 12.5. The van der Waals surface area contributed by atoms with E-state index < -0.39 is 21.4 Å². The van der Waals surface area contributed by atoms with Crippen LogP contribution in [-0.4, -0.2) is 18.9 Å². The Hall–Kier alpha value is -2.55. The predicted octanol–water partition coefficient (Wildman–Crippen LogP) is 3.72. The maximum absolute atomic E-state index is 12.5. The Bertz CT molecular complexity index is 930. The molecular weight excluding hydrogens is 335 g/mol. The Morgan fingerprint density at radius 2 is 1.65 bits per heavy atom. The molecule has 0 fully saturated rings. The van der Waals surface area contributed by atoms with Gasteiger partial charge < -0.3 is 8.60 Å². The Morgan fingerprint density at radius 3 is 2.35 bits per heavy atom. The van der Waals surface area contributed by atoms with Crippen LogP contribution < -0.4 is 4.18 Å². The van der Waals surface area contributed by atoms with E-state index in [1.807, 2.05) is 0 Å². The molecule has 2 aromatic carbocycles. The third-order valence-corrected chi connectivity index (χ3v) is 3.86. The fraction of sp³-hybridized carbons (Fsp3) is 0.0714. The van der Waals surface area contributed by atoms with E-state index in [0.717, 1.165) is 6.07 Å². The third kappa shape index (κ3) is 2.87. The second kappa shape index (κ2) is 5.27. The first-order valence-electron chi connectivity index (χ1n) is 6.24. The molecule has 0 saturated carbocycles. The van der Waals surface area contributed by atoms with Crippen molar-refractivity contribution < 1.29 is 30.2 Å². The first-order chi connectivity index (χ1) is 10.8. The van der Waals surface area contributed by atoms with Gasteiger partial charge in [0.25, 0.3) is 0 Å². The number of nitrogens with zero attached hydrogens (tertiary/aromatic N) is 1. The van der Waals surface area contributed by atoms with Crippen molar-refractivity contribution in [3.8, 4) is 17.2 Å². The largest absolute Gasteiger partial charge is 0.534 e. The minimum atomic E-state index is -5.78. The van der Waals surface area contributed by atoms with E-state index in [9.17, 15) is 21.6 Å². The first kappa shape index (κ1) is 15.3. The Morgan fingerprint density at radius 1 is 1.00 bits per heavy atom. The molecule has 0 spiro atoms. The molecule has 0 N–H and O–H groups in total. The predicted molar refractivity (Wildman–Crippen MR) is 75.0 cm³/mol. The van der Waals surface area contributed by atoms with Gasteiger partial charge in [-0.05, 0) is 24.3 Å². The van der Waals surface area contributed by atoms with E-state index in [1.54, 1.807) is 24.3 Å². The Labute approximate surface area is 128 Å². The van der Waals surface area contributed by atoms with Crippen molar-refractivity contribution in [3.05, 3.63) is 48.5 Å². The lowest BCUT2D eigenvalue weighted by Crippen LogP contribution is -2.28. The van der Waals surface area contributed by atoms with Crippen molar-refractivity contribution in [2.75, 3.05) is 0 Å². The van der Waals surface area contributed by atoms with Crippen molar-refractivity contribution in [1.82, 2.24) is 4.98 Å². The number of aromatic nitrogens is 1. The highest BCUT2D eigenvalue weighted by molar-refractivity contribution is 7.88. The molecule has 0 aliphatic heterocycles. The second-order valence-corrected chi connectivity index (χ2v) is 6.00. The summed E-state index contributed by atoms with van der Waals surface area (Å²) in [5.74, 6) is -0.560. The highest BCUT2D eigenvalue weighted by atomic mass is 32.2. The second-order valence-electron chi connectivity index (χ2n) is 4.47. The van der Waals surface area contributed by atoms with Gasteiger partial charge >= 0.3 is 15.6 Å². The number of benzene rings is 2. The van der Waals surface area contributed by atoms with Crippen molar-refractivity contribution in [2.45, 2.75) is 5.51 Å². The van der Waals surface area contributed by atoms with Gasteiger partial charge in [0.1, 0.15) is 5.52 Å². The number of para-hydroxylation sites is 3. The van der Waals surface area contributed by atoms with Crippen LogP contribution in [0.5, 0.6) is 5.75 Å². The summed E-state index contributed by atoms with van der Waals surface area (Å²) in [6, 6.07) is 12.0. The number of hydrogen-bond acceptors (Lipinski definition) is 5. The van der Waals surface area contributed by atoms with Crippen molar-refractivity contribution >= 4 is 21.2 Å². The summed E-state index contributed by atoms with van der Waals surface area (Å²) in [6.07, 6.45) is 0. The van der Waals surface area contributed by atoms with Gasteiger partial charge in [-0.15, -0.1) is 0 Å². The maximum Gasteiger partial charge on any atom is 0.534 e. The molecule has 0 unspecified atom stereocenters. The van der Waals surface area contributed by atoms with Gasteiger partial charge in [0.05, 0.1) is 5.56 Å². The molecule has 0 amide bonds. The molecule has 3 aromatic rings. The highest BCUT2D eigenvalue weighted by Crippen LogP contribution is 2.35. The van der Waals surface area contributed by atoms with Crippen LogP contribution in [0.15, 0.2) is 52.9 Å². The van der Waals surface area contributed by atoms with Crippen LogP contribution in [-0.2, 0) is 10.1 Å². The molecule has 3 rings (SSSR count). The number of halogens is 3. The summed E-state index contributed by atoms with van der Waals surface area (Å²) < 4.78 is 69.4. The SMILES string of the molecule is O=S(=O)(Oc1ccccc1-c1nc2ccccc2o1)C(F)(F)F. The van der Waals surface area contributed by atoms with Crippen LogP contribution in [0.4, 0.5) is 13.2 Å². The molecule has 5 nitrogen and oxygen atoms in total. The normalized spacial score (nSPS) is 12.5. The Kier molecular flexibility index (Phi) is 3.52. The zero-order valence-corrected chi connectivity index (χ0v) is 12.1. The van der Waals surface area contributed by atoms with Gasteiger partial charge in [0.2, 0.25) is 5.89 Å². The molecule has 1 heterocycles. The smallest absolute Gasteiger partial charge is 0.436 e. The van der Waals surface area contributed by atoms with Gasteiger partial charge in [-0.1, -0.05) is 24.3 Å². The quantitative estimate of drug-likeness (QED) is 0.535. The number of hydrogen-bond donors (Lipinski definition) is 0. The van der Waals surface area contributed by atoms with Gasteiger partial charge in [0, 0.05) is 0 Å². The number of oxazole rings is 1. The average Bonchev–Trinajstić information content (AvgIpc) is 2.90. The standard InChI is InChI=1S/C14H8F3NO4S/c15-14(16,17)23(19,20)22-11-7-3-1-5-9(11)13-18-10-6-2-4-8-12(10)21-13/h1-8H. The summed E-state index contributed by atoms with van der Waals surface area (Å²) in [6.45, 7) is 0. The number of alkyl halides is 3. The third-order valence-electron chi connectivity index (χ3n) is 2.89. The first-order valence-corrected chi connectivity index (χ1v) is 7.64. The molecule has 9 heteroatoms. The van der Waals surface area contributed by atoms with Crippen molar-refractivity contribution in [1.29, 1.82) is 0 Å². The lowest BCUT2D eigenvalue weighted by atomic mass is 10.2. The summed E-state index contributed by atoms with van der Waals surface area (Å²) in [5.41, 5.74) is -4.63. The van der Waals surface area contributed by atoms with E-state index >= 15 is 0 Å². The van der Waals surface area contributed by atoms with Gasteiger partial charge in [-0.2, -0.15) is 21.6 Å². The lowest BCUT2D eigenvalue weighted by Gasteiger charge is -2.11. The van der Waals surface area contributed by atoms with E-state index in [2.05, 4.69) is 9.17 Å². The zero-order valence-electron chi connectivity index (χ0n) is 11.2. The molecule has 0 aliphatic rings. The molecule has 0 radical (unpaired) electrons. The van der Waals surface area contributed by atoms with Crippen LogP contribution in [0.3, 0.4) is 0 Å². The van der Waals surface area contributed by atoms with Crippen LogP contribution in [0.1, 0.15) is 0 Å². The topological polar surface area (TPSA) is 69.4 Å². The van der Waals surface area contributed by atoms with E-state index in [4.69, 9.17) is 4.42 Å². The van der Waals surface area contributed by atoms with E-state index in [-0.39, 0.29) is 11.5 Å². The molecular formula is C14H8F3NO4S. The van der Waals surface area contributed by atoms with Gasteiger partial charge in [0.15, 0.2) is 11.3 Å². The molecule has 0 atom stereocenters. The summed E-state index contributed by atoms with van der Waals surface area (Å²) in [4.78, 5) is 4.11. The van der Waals surface area contributed by atoms with Crippen LogP contribution in [0.25, 0.3) is 22.6 Å². The zero-order chi connectivity index (χ0) is 16.7.